The Morgan fingerprint density at radius 3 is 2.11 bits per heavy atom. The minimum Gasteiger partial charge on any atom is -0.352 e. The first-order valence-corrected chi connectivity index (χ1v) is 9.80. The van der Waals surface area contributed by atoms with Crippen molar-refractivity contribution < 1.29 is 9.59 Å². The Morgan fingerprint density at radius 1 is 0.926 bits per heavy atom. The van der Waals surface area contributed by atoms with Crippen molar-refractivity contribution in [3.63, 3.8) is 0 Å². The van der Waals surface area contributed by atoms with Gasteiger partial charge in [0.05, 0.1) is 0 Å². The van der Waals surface area contributed by atoms with Crippen LogP contribution in [0, 0.1) is 0 Å². The van der Waals surface area contributed by atoms with Gasteiger partial charge in [0.15, 0.2) is 0 Å². The third kappa shape index (κ3) is 6.72. The number of aryl methyl sites for hydroxylation is 1. The Morgan fingerprint density at radius 2 is 1.52 bits per heavy atom. The number of benzene rings is 2. The van der Waals surface area contributed by atoms with Gasteiger partial charge in [-0.3, -0.25) is 9.59 Å². The highest BCUT2D eigenvalue weighted by atomic mass is 35.5. The number of rotatable bonds is 9. The normalized spacial score (nSPS) is 10.5. The molecular formula is C22H27ClN2O2. The van der Waals surface area contributed by atoms with E-state index < -0.39 is 0 Å². The van der Waals surface area contributed by atoms with E-state index >= 15 is 0 Å². The highest BCUT2D eigenvalue weighted by molar-refractivity contribution is 6.30. The van der Waals surface area contributed by atoms with E-state index in [9.17, 15) is 9.59 Å². The first-order valence-electron chi connectivity index (χ1n) is 9.42. The van der Waals surface area contributed by atoms with E-state index in [4.69, 9.17) is 11.6 Å². The molecule has 2 aromatic rings. The van der Waals surface area contributed by atoms with Crippen molar-refractivity contribution in [1.29, 1.82) is 0 Å². The summed E-state index contributed by atoms with van der Waals surface area (Å²) in [4.78, 5) is 26.1. The summed E-state index contributed by atoms with van der Waals surface area (Å²) < 4.78 is 0. The average Bonchev–Trinajstić information content (AvgIpc) is 2.69. The number of carbonyl (C=O) groups is 2. The van der Waals surface area contributed by atoms with Crippen LogP contribution < -0.4 is 5.32 Å². The fourth-order valence-corrected chi connectivity index (χ4v) is 2.98. The smallest absolute Gasteiger partial charge is 0.253 e. The van der Waals surface area contributed by atoms with Crippen LogP contribution in [0.25, 0.3) is 0 Å². The van der Waals surface area contributed by atoms with Crippen LogP contribution in [0.1, 0.15) is 48.2 Å². The number of hydrogen-bond acceptors (Lipinski definition) is 2. The zero-order chi connectivity index (χ0) is 19.6. The largest absolute Gasteiger partial charge is 0.352 e. The van der Waals surface area contributed by atoms with Crippen LogP contribution >= 0.6 is 11.6 Å². The lowest BCUT2D eigenvalue weighted by molar-refractivity contribution is -0.121. The number of carbonyl (C=O) groups excluding carboxylic acids is 2. The molecule has 0 spiro atoms. The minimum atomic E-state index is 0.0345. The third-order valence-corrected chi connectivity index (χ3v) is 4.78. The second-order valence-electron chi connectivity index (χ2n) is 6.43. The molecule has 5 heteroatoms. The summed E-state index contributed by atoms with van der Waals surface area (Å²) in [5.41, 5.74) is 2.84. The summed E-state index contributed by atoms with van der Waals surface area (Å²) in [6.45, 7) is 5.81. The summed E-state index contributed by atoms with van der Waals surface area (Å²) >= 11 is 5.87. The molecule has 2 rings (SSSR count). The zero-order valence-corrected chi connectivity index (χ0v) is 16.8. The standard InChI is InChI=1S/C22H27ClN2O2/c1-3-25(4-2)22(27)19-12-8-18(9-13-19)16-24-21(26)7-5-6-17-10-14-20(23)15-11-17/h8-15H,3-7,16H2,1-2H3,(H,24,26). The number of nitrogens with zero attached hydrogens (tertiary/aromatic N) is 1. The van der Waals surface area contributed by atoms with Gasteiger partial charge in [0.1, 0.15) is 0 Å². The van der Waals surface area contributed by atoms with Crippen molar-refractivity contribution in [3.8, 4) is 0 Å². The van der Waals surface area contributed by atoms with Crippen molar-refractivity contribution in [2.45, 2.75) is 39.7 Å². The zero-order valence-electron chi connectivity index (χ0n) is 16.0. The fraction of sp³-hybridized carbons (Fsp3) is 0.364. The molecule has 0 unspecified atom stereocenters. The van der Waals surface area contributed by atoms with E-state index in [0.717, 1.165) is 23.4 Å². The lowest BCUT2D eigenvalue weighted by Gasteiger charge is -2.18. The molecule has 0 aliphatic heterocycles. The molecule has 2 amide bonds. The van der Waals surface area contributed by atoms with E-state index in [1.54, 1.807) is 4.90 Å². The van der Waals surface area contributed by atoms with Gasteiger partial charge in [0, 0.05) is 36.6 Å². The maximum atomic E-state index is 12.3. The van der Waals surface area contributed by atoms with Crippen molar-refractivity contribution >= 4 is 23.4 Å². The molecule has 2 aromatic carbocycles. The molecule has 0 radical (unpaired) electrons. The third-order valence-electron chi connectivity index (χ3n) is 4.52. The molecule has 0 aliphatic rings. The van der Waals surface area contributed by atoms with Crippen molar-refractivity contribution in [2.24, 2.45) is 0 Å². The molecule has 144 valence electrons. The number of amides is 2. The first kappa shape index (κ1) is 21.0. The predicted octanol–water partition coefficient (Wildman–Crippen LogP) is 4.46. The van der Waals surface area contributed by atoms with Gasteiger partial charge >= 0.3 is 0 Å². The SMILES string of the molecule is CCN(CC)C(=O)c1ccc(CNC(=O)CCCc2ccc(Cl)cc2)cc1. The fourth-order valence-electron chi connectivity index (χ4n) is 2.85. The highest BCUT2D eigenvalue weighted by Gasteiger charge is 2.12. The average molecular weight is 387 g/mol. The molecule has 0 fully saturated rings. The van der Waals surface area contributed by atoms with Gasteiger partial charge in [0.25, 0.3) is 5.91 Å². The van der Waals surface area contributed by atoms with Gasteiger partial charge in [-0.1, -0.05) is 35.9 Å². The van der Waals surface area contributed by atoms with Gasteiger partial charge in [-0.05, 0) is 62.1 Å². The lowest BCUT2D eigenvalue weighted by atomic mass is 10.1. The van der Waals surface area contributed by atoms with Gasteiger partial charge in [0.2, 0.25) is 5.91 Å². The maximum absolute atomic E-state index is 12.3. The van der Waals surface area contributed by atoms with Gasteiger partial charge in [-0.25, -0.2) is 0 Å². The van der Waals surface area contributed by atoms with Crippen LogP contribution in [-0.4, -0.2) is 29.8 Å². The van der Waals surface area contributed by atoms with Crippen LogP contribution in [0.3, 0.4) is 0 Å². The van der Waals surface area contributed by atoms with Gasteiger partial charge in [-0.15, -0.1) is 0 Å². The topological polar surface area (TPSA) is 49.4 Å². The van der Waals surface area contributed by atoms with E-state index in [1.807, 2.05) is 62.4 Å². The Hall–Kier alpha value is -2.33. The van der Waals surface area contributed by atoms with E-state index in [0.29, 0.717) is 31.6 Å². The summed E-state index contributed by atoms with van der Waals surface area (Å²) in [5, 5.41) is 3.66. The molecule has 0 saturated heterocycles. The van der Waals surface area contributed by atoms with Crippen LogP contribution in [0.4, 0.5) is 0 Å². The molecule has 0 saturated carbocycles. The van der Waals surface area contributed by atoms with Crippen LogP contribution in [-0.2, 0) is 17.8 Å². The molecule has 27 heavy (non-hydrogen) atoms. The van der Waals surface area contributed by atoms with E-state index in [1.165, 1.54) is 5.56 Å². The monoisotopic (exact) mass is 386 g/mol. The summed E-state index contributed by atoms with van der Waals surface area (Å²) in [7, 11) is 0. The molecule has 0 aromatic heterocycles. The summed E-state index contributed by atoms with van der Waals surface area (Å²) in [6.07, 6.45) is 2.14. The summed E-state index contributed by atoms with van der Waals surface area (Å²) in [6, 6.07) is 15.1. The Bertz CT molecular complexity index is 738. The molecule has 0 aliphatic carbocycles. The highest BCUT2D eigenvalue weighted by Crippen LogP contribution is 2.12. The van der Waals surface area contributed by atoms with Crippen LogP contribution in [0.2, 0.25) is 5.02 Å². The quantitative estimate of drug-likeness (QED) is 0.691. The Balaban J connectivity index is 1.74. The molecule has 0 bridgehead atoms. The van der Waals surface area contributed by atoms with Crippen molar-refractivity contribution in [2.75, 3.05) is 13.1 Å². The Kier molecular flexibility index (Phi) is 8.34. The number of hydrogen-bond donors (Lipinski definition) is 1. The van der Waals surface area contributed by atoms with E-state index in [-0.39, 0.29) is 11.8 Å². The second-order valence-corrected chi connectivity index (χ2v) is 6.87. The number of halogens is 1. The first-order chi connectivity index (χ1) is 13.0. The molecule has 0 atom stereocenters. The Labute approximate surface area is 166 Å². The van der Waals surface area contributed by atoms with Gasteiger partial charge < -0.3 is 10.2 Å². The number of nitrogens with one attached hydrogen (secondary N) is 1. The van der Waals surface area contributed by atoms with Crippen LogP contribution in [0.15, 0.2) is 48.5 Å². The van der Waals surface area contributed by atoms with Gasteiger partial charge in [-0.2, -0.15) is 0 Å². The molecular weight excluding hydrogens is 360 g/mol. The van der Waals surface area contributed by atoms with Crippen molar-refractivity contribution in [3.05, 3.63) is 70.2 Å². The predicted molar refractivity (Wildman–Crippen MR) is 110 cm³/mol. The lowest BCUT2D eigenvalue weighted by Crippen LogP contribution is -2.30. The maximum Gasteiger partial charge on any atom is 0.253 e. The van der Waals surface area contributed by atoms with E-state index in [2.05, 4.69) is 5.32 Å². The van der Waals surface area contributed by atoms with Crippen molar-refractivity contribution in [1.82, 2.24) is 10.2 Å². The summed E-state index contributed by atoms with van der Waals surface area (Å²) in [5.74, 6) is 0.0741. The second kappa shape index (κ2) is 10.7. The minimum absolute atomic E-state index is 0.0345. The van der Waals surface area contributed by atoms with Crippen LogP contribution in [0.5, 0.6) is 0 Å². The molecule has 4 nitrogen and oxygen atoms in total. The molecule has 0 heterocycles. The molecule has 1 N–H and O–H groups in total.